The fourth-order valence-electron chi connectivity index (χ4n) is 2.48. The molecule has 0 bridgehead atoms. The van der Waals surface area contributed by atoms with Crippen LogP contribution >= 0.6 is 11.8 Å². The monoisotopic (exact) mass is 436 g/mol. The first-order chi connectivity index (χ1) is 13.5. The van der Waals surface area contributed by atoms with Crippen molar-refractivity contribution in [3.63, 3.8) is 0 Å². The lowest BCUT2D eigenvalue weighted by Crippen LogP contribution is -2.42. The third-order valence-electron chi connectivity index (χ3n) is 4.09. The zero-order valence-electron chi connectivity index (χ0n) is 16.8. The molecule has 1 heterocycles. The van der Waals surface area contributed by atoms with Gasteiger partial charge in [-0.05, 0) is 19.3 Å². The zero-order chi connectivity index (χ0) is 20.8. The molecule has 0 saturated carbocycles. The number of anilines is 1. The van der Waals surface area contributed by atoms with Crippen molar-refractivity contribution < 1.29 is 28.3 Å². The second kappa shape index (κ2) is 14.0. The number of hydrogen-bond donors (Lipinski definition) is 4. The predicted octanol–water partition coefficient (Wildman–Crippen LogP) is 1.06. The van der Waals surface area contributed by atoms with E-state index in [9.17, 15) is 9.90 Å². The number of nitrogens with one attached hydrogen (secondary N) is 2. The summed E-state index contributed by atoms with van der Waals surface area (Å²) in [6.45, 7) is 0.383. The molecule has 0 aromatic carbocycles. The van der Waals surface area contributed by atoms with E-state index in [0.29, 0.717) is 30.0 Å². The van der Waals surface area contributed by atoms with Crippen LogP contribution in [0.1, 0.15) is 32.1 Å². The molecule has 162 valence electrons. The average Bonchev–Trinajstić information content (AvgIpc) is 3.15. The largest absolute Gasteiger partial charge is 0.500 e. The lowest BCUT2D eigenvalue weighted by atomic mass is 10.1. The van der Waals surface area contributed by atoms with Crippen LogP contribution in [0.5, 0.6) is 0 Å². The summed E-state index contributed by atoms with van der Waals surface area (Å²) >= 11 is 1.49. The van der Waals surface area contributed by atoms with Gasteiger partial charge in [-0.2, -0.15) is 4.98 Å². The Labute approximate surface area is 171 Å². The van der Waals surface area contributed by atoms with Gasteiger partial charge in [-0.15, -0.1) is 5.10 Å². The molecule has 0 saturated heterocycles. The van der Waals surface area contributed by atoms with Gasteiger partial charge >= 0.3 is 8.80 Å². The fourth-order valence-corrected chi connectivity index (χ4v) is 5.00. The number of H-pyrrole nitrogens is 1. The first-order valence-corrected chi connectivity index (χ1v) is 12.2. The quantitative estimate of drug-likeness (QED) is 0.159. The first kappa shape index (κ1) is 25.0. The summed E-state index contributed by atoms with van der Waals surface area (Å²) in [7, 11) is 1.97. The minimum atomic E-state index is -2.66. The number of unbranched alkanes of at least 4 members (excludes halogenated alkanes) is 1. The number of Topliss-reactive ketones (excluding diaryl/α,β-unsaturated/α-hetero) is 1. The third-order valence-corrected chi connectivity index (χ3v) is 7.85. The molecule has 1 atom stereocenters. The third kappa shape index (κ3) is 9.45. The molecule has 12 heteroatoms. The second-order valence-corrected chi connectivity index (χ2v) is 10.3. The Kier molecular flexibility index (Phi) is 12.5. The van der Waals surface area contributed by atoms with Crippen LogP contribution in [-0.2, 0) is 18.1 Å². The highest BCUT2D eigenvalue weighted by atomic mass is 32.2. The fraction of sp³-hybridized carbons (Fsp3) is 0.812. The molecule has 1 unspecified atom stereocenters. The van der Waals surface area contributed by atoms with Crippen LogP contribution in [-0.4, -0.2) is 86.3 Å². The summed E-state index contributed by atoms with van der Waals surface area (Å²) in [6.07, 6.45) is 1.81. The number of aliphatic hydroxyl groups is 2. The number of carbonyl (C=O) groups excluding carboxylic acids is 1. The van der Waals surface area contributed by atoms with Crippen molar-refractivity contribution in [3.8, 4) is 0 Å². The van der Waals surface area contributed by atoms with Crippen LogP contribution in [0.4, 0.5) is 5.95 Å². The number of aliphatic hydroxyl groups excluding tert-OH is 2. The Morgan fingerprint density at radius 3 is 2.61 bits per heavy atom. The number of aromatic amines is 1. The highest BCUT2D eigenvalue weighted by Crippen LogP contribution is 2.17. The van der Waals surface area contributed by atoms with Crippen molar-refractivity contribution in [3.05, 3.63) is 0 Å². The van der Waals surface area contributed by atoms with Crippen LogP contribution in [0.15, 0.2) is 5.16 Å². The van der Waals surface area contributed by atoms with Gasteiger partial charge in [0.25, 0.3) is 0 Å². The van der Waals surface area contributed by atoms with Crippen LogP contribution in [0.3, 0.4) is 0 Å². The molecule has 1 aromatic rings. The molecule has 0 spiro atoms. The highest BCUT2D eigenvalue weighted by molar-refractivity contribution is 7.99. The molecular formula is C16H32N4O6SSi. The van der Waals surface area contributed by atoms with Gasteiger partial charge in [-0.1, -0.05) is 11.8 Å². The summed E-state index contributed by atoms with van der Waals surface area (Å²) < 4.78 is 16.0. The van der Waals surface area contributed by atoms with Gasteiger partial charge in [0.1, 0.15) is 5.78 Å². The maximum atomic E-state index is 12.0. The molecule has 0 aliphatic rings. The predicted molar refractivity (Wildman–Crippen MR) is 108 cm³/mol. The van der Waals surface area contributed by atoms with Crippen LogP contribution in [0, 0.1) is 0 Å². The number of nitrogens with zero attached hydrogens (tertiary/aromatic N) is 2. The highest BCUT2D eigenvalue weighted by Gasteiger charge is 2.37. The summed E-state index contributed by atoms with van der Waals surface area (Å²) in [5, 5.41) is 29.2. The van der Waals surface area contributed by atoms with Gasteiger partial charge in [0.05, 0.1) is 6.10 Å². The van der Waals surface area contributed by atoms with Gasteiger partial charge in [0.2, 0.25) is 11.1 Å². The Balaban J connectivity index is 2.24. The molecule has 4 N–H and O–H groups in total. The Morgan fingerprint density at radius 1 is 1.25 bits per heavy atom. The standard InChI is InChI=1S/C16H32N4O6SSi/c1-24-28(25-2,26-3)10-6-7-13(22)11-14(23)12-17-15-18-16(20-19-15)27-9-5-4-8-21/h14,21,23H,4-12H2,1-3H3,(H2,17,18,19,20). The van der Waals surface area contributed by atoms with Gasteiger partial charge < -0.3 is 28.8 Å². The smallest absolute Gasteiger partial charge is 0.396 e. The second-order valence-electron chi connectivity index (χ2n) is 6.17. The number of hydrogen-bond acceptors (Lipinski definition) is 10. The lowest BCUT2D eigenvalue weighted by Gasteiger charge is -2.24. The molecule has 0 fully saturated rings. The lowest BCUT2D eigenvalue weighted by molar-refractivity contribution is -0.120. The zero-order valence-corrected chi connectivity index (χ0v) is 18.6. The number of thioether (sulfide) groups is 1. The summed E-state index contributed by atoms with van der Waals surface area (Å²) in [4.78, 5) is 16.3. The van der Waals surface area contributed by atoms with Gasteiger partial charge in [0.15, 0.2) is 0 Å². The minimum Gasteiger partial charge on any atom is -0.396 e. The van der Waals surface area contributed by atoms with Crippen LogP contribution < -0.4 is 5.32 Å². The van der Waals surface area contributed by atoms with E-state index in [1.54, 1.807) is 21.3 Å². The molecular weight excluding hydrogens is 404 g/mol. The van der Waals surface area contributed by atoms with E-state index < -0.39 is 14.9 Å². The maximum absolute atomic E-state index is 12.0. The van der Waals surface area contributed by atoms with E-state index in [1.807, 2.05) is 0 Å². The molecule has 0 amide bonds. The van der Waals surface area contributed by atoms with Crippen molar-refractivity contribution in [2.45, 2.75) is 49.4 Å². The van der Waals surface area contributed by atoms with Gasteiger partial charge in [-0.25, -0.2) is 5.10 Å². The van der Waals surface area contributed by atoms with Crippen molar-refractivity contribution in [2.75, 3.05) is 45.6 Å². The van der Waals surface area contributed by atoms with Crippen molar-refractivity contribution in [2.24, 2.45) is 0 Å². The maximum Gasteiger partial charge on any atom is 0.500 e. The molecule has 10 nitrogen and oxygen atoms in total. The molecule has 0 radical (unpaired) electrons. The first-order valence-electron chi connectivity index (χ1n) is 9.23. The summed E-state index contributed by atoms with van der Waals surface area (Å²) in [5.41, 5.74) is 0. The van der Waals surface area contributed by atoms with E-state index in [-0.39, 0.29) is 25.4 Å². The van der Waals surface area contributed by atoms with Gasteiger partial charge in [-0.3, -0.25) is 4.79 Å². The van der Waals surface area contributed by atoms with Crippen molar-refractivity contribution in [1.29, 1.82) is 0 Å². The van der Waals surface area contributed by atoms with Crippen molar-refractivity contribution >= 4 is 32.3 Å². The molecule has 1 rings (SSSR count). The molecule has 0 aliphatic carbocycles. The Morgan fingerprint density at radius 2 is 1.96 bits per heavy atom. The van der Waals surface area contributed by atoms with E-state index in [0.717, 1.165) is 18.6 Å². The summed E-state index contributed by atoms with van der Waals surface area (Å²) in [5.74, 6) is 1.25. The number of ketones is 1. The molecule has 0 aliphatic heterocycles. The molecule has 1 aromatic heterocycles. The number of carbonyl (C=O) groups is 1. The summed E-state index contributed by atoms with van der Waals surface area (Å²) in [6, 6.07) is 0.549. The number of aromatic nitrogens is 3. The van der Waals surface area contributed by atoms with E-state index in [4.69, 9.17) is 18.4 Å². The average molecular weight is 437 g/mol. The number of rotatable bonds is 17. The topological polar surface area (TPSA) is 139 Å². The Bertz CT molecular complexity index is 553. The minimum absolute atomic E-state index is 0.0294. The van der Waals surface area contributed by atoms with E-state index in [2.05, 4.69) is 20.5 Å². The molecule has 28 heavy (non-hydrogen) atoms. The Hall–Kier alpha value is -1.02. The van der Waals surface area contributed by atoms with E-state index >= 15 is 0 Å². The van der Waals surface area contributed by atoms with Gasteiger partial charge in [0, 0.05) is 59.1 Å². The van der Waals surface area contributed by atoms with Crippen LogP contribution in [0.25, 0.3) is 0 Å². The van der Waals surface area contributed by atoms with Crippen molar-refractivity contribution in [1.82, 2.24) is 15.2 Å². The normalized spacial score (nSPS) is 12.9. The SMILES string of the molecule is CO[Si](CCCC(=O)CC(O)CNc1nc(SCCCCO)n[nH]1)(OC)OC. The van der Waals surface area contributed by atoms with E-state index in [1.165, 1.54) is 11.8 Å². The van der Waals surface area contributed by atoms with Crippen LogP contribution in [0.2, 0.25) is 6.04 Å².